The zero-order chi connectivity index (χ0) is 19.2. The summed E-state index contributed by atoms with van der Waals surface area (Å²) < 4.78 is 10.6. The topological polar surface area (TPSA) is 91.3 Å². The summed E-state index contributed by atoms with van der Waals surface area (Å²) in [7, 11) is 1.42. The normalized spacial score (nSPS) is 19.3. The lowest BCUT2D eigenvalue weighted by Crippen LogP contribution is -2.26. The SMILES string of the molecule is COC(=O)C[C@H]1CC[C@@H](Oc2ncc(-c3cc(C)c(C=O)cn3)cn2)CC1. The third kappa shape index (κ3) is 4.87. The number of aryl methyl sites for hydroxylation is 1. The number of carbonyl (C=O) groups excluding carboxylic acids is 2. The van der Waals surface area contributed by atoms with Crippen LogP contribution in [0.15, 0.2) is 24.7 Å². The summed E-state index contributed by atoms with van der Waals surface area (Å²) in [5.74, 6) is 0.215. The van der Waals surface area contributed by atoms with Crippen molar-refractivity contribution in [3.05, 3.63) is 35.8 Å². The van der Waals surface area contributed by atoms with Crippen LogP contribution in [0.5, 0.6) is 6.01 Å². The summed E-state index contributed by atoms with van der Waals surface area (Å²) in [6.45, 7) is 1.86. The van der Waals surface area contributed by atoms with Crippen LogP contribution in [0.25, 0.3) is 11.3 Å². The van der Waals surface area contributed by atoms with Crippen molar-refractivity contribution in [1.29, 1.82) is 0 Å². The second-order valence-corrected chi connectivity index (χ2v) is 6.84. The van der Waals surface area contributed by atoms with E-state index in [0.29, 0.717) is 29.6 Å². The van der Waals surface area contributed by atoms with Crippen molar-refractivity contribution in [3.63, 3.8) is 0 Å². The lowest BCUT2D eigenvalue weighted by molar-refractivity contribution is -0.142. The van der Waals surface area contributed by atoms with Crippen LogP contribution >= 0.6 is 0 Å². The van der Waals surface area contributed by atoms with Gasteiger partial charge in [0.15, 0.2) is 6.29 Å². The maximum absolute atomic E-state index is 11.4. The van der Waals surface area contributed by atoms with Gasteiger partial charge in [0.05, 0.1) is 12.8 Å². The number of hydrogen-bond acceptors (Lipinski definition) is 7. The van der Waals surface area contributed by atoms with Gasteiger partial charge in [-0.15, -0.1) is 0 Å². The Labute approximate surface area is 158 Å². The maximum Gasteiger partial charge on any atom is 0.316 e. The molecule has 1 aliphatic carbocycles. The number of methoxy groups -OCH3 is 1. The average molecular weight is 369 g/mol. The molecule has 1 aliphatic rings. The van der Waals surface area contributed by atoms with E-state index in [0.717, 1.165) is 43.1 Å². The van der Waals surface area contributed by atoms with Crippen molar-refractivity contribution in [1.82, 2.24) is 15.0 Å². The highest BCUT2D eigenvalue weighted by atomic mass is 16.5. The van der Waals surface area contributed by atoms with Crippen LogP contribution in [0.3, 0.4) is 0 Å². The fourth-order valence-electron chi connectivity index (χ4n) is 3.28. The highest BCUT2D eigenvalue weighted by molar-refractivity contribution is 5.77. The van der Waals surface area contributed by atoms with E-state index in [2.05, 4.69) is 15.0 Å². The molecule has 7 heteroatoms. The fraction of sp³-hybridized carbons (Fsp3) is 0.450. The van der Waals surface area contributed by atoms with Gasteiger partial charge in [0.1, 0.15) is 6.10 Å². The molecule has 0 spiro atoms. The maximum atomic E-state index is 11.4. The Morgan fingerprint density at radius 3 is 2.44 bits per heavy atom. The molecular formula is C20H23N3O4. The molecule has 0 bridgehead atoms. The minimum absolute atomic E-state index is 0.0667. The summed E-state index contributed by atoms with van der Waals surface area (Å²) in [6.07, 6.45) is 9.85. The second kappa shape index (κ2) is 8.70. The van der Waals surface area contributed by atoms with Gasteiger partial charge in [-0.1, -0.05) is 0 Å². The van der Waals surface area contributed by atoms with Gasteiger partial charge in [-0.2, -0.15) is 0 Å². The van der Waals surface area contributed by atoms with Crippen LogP contribution in [0, 0.1) is 12.8 Å². The van der Waals surface area contributed by atoms with E-state index in [4.69, 9.17) is 9.47 Å². The molecule has 0 amide bonds. The third-order valence-corrected chi connectivity index (χ3v) is 4.95. The molecule has 0 saturated heterocycles. The van der Waals surface area contributed by atoms with E-state index in [1.165, 1.54) is 7.11 Å². The first-order chi connectivity index (χ1) is 13.1. The summed E-state index contributed by atoms with van der Waals surface area (Å²) in [5, 5.41) is 0. The largest absolute Gasteiger partial charge is 0.469 e. The van der Waals surface area contributed by atoms with E-state index < -0.39 is 0 Å². The second-order valence-electron chi connectivity index (χ2n) is 6.84. The molecule has 1 saturated carbocycles. The molecule has 2 heterocycles. The van der Waals surface area contributed by atoms with Gasteiger partial charge in [0.25, 0.3) is 0 Å². The molecule has 1 fully saturated rings. The number of nitrogens with zero attached hydrogens (tertiary/aromatic N) is 3. The number of esters is 1. The Morgan fingerprint density at radius 2 is 1.85 bits per heavy atom. The molecule has 142 valence electrons. The average Bonchev–Trinajstić information content (AvgIpc) is 2.70. The van der Waals surface area contributed by atoms with Crippen LogP contribution in [0.1, 0.15) is 48.0 Å². The standard InChI is InChI=1S/C20H23N3O4/c1-13-7-18(21-11-16(13)12-24)15-9-22-20(23-10-15)27-17-5-3-14(4-6-17)8-19(25)26-2/h7,9-12,14,17H,3-6,8H2,1-2H3/t14-,17+. The smallest absolute Gasteiger partial charge is 0.316 e. The van der Waals surface area contributed by atoms with Gasteiger partial charge in [-0.05, 0) is 50.2 Å². The first-order valence-electron chi connectivity index (χ1n) is 9.06. The number of carbonyl (C=O) groups is 2. The van der Waals surface area contributed by atoms with E-state index in [1.54, 1.807) is 18.6 Å². The third-order valence-electron chi connectivity index (χ3n) is 4.95. The first-order valence-corrected chi connectivity index (χ1v) is 9.06. The number of aldehydes is 1. The van der Waals surface area contributed by atoms with Crippen molar-refractivity contribution in [2.75, 3.05) is 7.11 Å². The summed E-state index contributed by atoms with van der Waals surface area (Å²) in [5.41, 5.74) is 2.92. The van der Waals surface area contributed by atoms with Gasteiger partial charge in [-0.3, -0.25) is 14.6 Å². The summed E-state index contributed by atoms with van der Waals surface area (Å²) >= 11 is 0. The predicted octanol–water partition coefficient (Wildman–Crippen LogP) is 3.16. The quantitative estimate of drug-likeness (QED) is 0.570. The lowest BCUT2D eigenvalue weighted by atomic mass is 9.85. The minimum Gasteiger partial charge on any atom is -0.469 e. The van der Waals surface area contributed by atoms with Gasteiger partial charge in [-0.25, -0.2) is 9.97 Å². The Balaban J connectivity index is 1.56. The number of rotatable bonds is 6. The Morgan fingerprint density at radius 1 is 1.15 bits per heavy atom. The molecule has 0 unspecified atom stereocenters. The Bertz CT molecular complexity index is 799. The number of hydrogen-bond donors (Lipinski definition) is 0. The van der Waals surface area contributed by atoms with E-state index >= 15 is 0 Å². The molecule has 0 atom stereocenters. The molecule has 0 aliphatic heterocycles. The molecule has 2 aromatic rings. The van der Waals surface area contributed by atoms with Crippen molar-refractivity contribution < 1.29 is 19.1 Å². The molecule has 3 rings (SSSR count). The first kappa shape index (κ1) is 18.9. The summed E-state index contributed by atoms with van der Waals surface area (Å²) in [6, 6.07) is 2.18. The van der Waals surface area contributed by atoms with E-state index in [1.807, 2.05) is 13.0 Å². The number of pyridine rings is 1. The van der Waals surface area contributed by atoms with E-state index in [-0.39, 0.29) is 12.1 Å². The highest BCUT2D eigenvalue weighted by Crippen LogP contribution is 2.29. The molecule has 0 N–H and O–H groups in total. The monoisotopic (exact) mass is 369 g/mol. The van der Waals surface area contributed by atoms with Crippen LogP contribution in [0.4, 0.5) is 0 Å². The van der Waals surface area contributed by atoms with Gasteiger partial charge >= 0.3 is 12.0 Å². The summed E-state index contributed by atoms with van der Waals surface area (Å²) in [4.78, 5) is 35.1. The van der Waals surface area contributed by atoms with Gasteiger partial charge in [0, 0.05) is 36.1 Å². The van der Waals surface area contributed by atoms with Crippen molar-refractivity contribution in [3.8, 4) is 17.3 Å². The molecular weight excluding hydrogens is 346 g/mol. The predicted molar refractivity (Wildman–Crippen MR) is 98.4 cm³/mol. The molecule has 0 radical (unpaired) electrons. The number of ether oxygens (including phenoxy) is 2. The lowest BCUT2D eigenvalue weighted by Gasteiger charge is -2.27. The van der Waals surface area contributed by atoms with Crippen molar-refractivity contribution >= 4 is 12.3 Å². The van der Waals surface area contributed by atoms with Gasteiger partial charge in [0.2, 0.25) is 0 Å². The van der Waals surface area contributed by atoms with E-state index in [9.17, 15) is 9.59 Å². The van der Waals surface area contributed by atoms with Gasteiger partial charge < -0.3 is 9.47 Å². The van der Waals surface area contributed by atoms with Crippen molar-refractivity contribution in [2.24, 2.45) is 5.92 Å². The Kier molecular flexibility index (Phi) is 6.11. The molecule has 7 nitrogen and oxygen atoms in total. The van der Waals surface area contributed by atoms with Crippen LogP contribution in [0.2, 0.25) is 0 Å². The molecule has 2 aromatic heterocycles. The Hall–Kier alpha value is -2.83. The highest BCUT2D eigenvalue weighted by Gasteiger charge is 2.25. The fourth-order valence-corrected chi connectivity index (χ4v) is 3.28. The van der Waals surface area contributed by atoms with Crippen molar-refractivity contribution in [2.45, 2.75) is 45.1 Å². The minimum atomic E-state index is -0.150. The molecule has 27 heavy (non-hydrogen) atoms. The zero-order valence-corrected chi connectivity index (χ0v) is 15.6. The van der Waals surface area contributed by atoms with Crippen LogP contribution in [-0.2, 0) is 9.53 Å². The molecule has 0 aromatic carbocycles. The number of aromatic nitrogens is 3. The zero-order valence-electron chi connectivity index (χ0n) is 15.6. The van der Waals surface area contributed by atoms with Crippen LogP contribution < -0.4 is 4.74 Å². The van der Waals surface area contributed by atoms with Crippen LogP contribution in [-0.4, -0.2) is 40.4 Å².